The lowest BCUT2D eigenvalue weighted by atomic mass is 10.1. The molecule has 1 aliphatic rings. The number of phenolic OH excluding ortho intramolecular Hbond substituents is 1. The van der Waals surface area contributed by atoms with Gasteiger partial charge in [-0.15, -0.1) is 0 Å². The monoisotopic (exact) mass is 328 g/mol. The van der Waals surface area contributed by atoms with Gasteiger partial charge in [0.25, 0.3) is 0 Å². The van der Waals surface area contributed by atoms with Crippen LogP contribution in [0.1, 0.15) is 24.6 Å². The predicted molar refractivity (Wildman–Crippen MR) is 95.7 cm³/mol. The lowest BCUT2D eigenvalue weighted by molar-refractivity contribution is 0.476. The SMILES string of the molecule is Oc1ccccc1-c1nc(C2CC2)nn1-c1cccc2cccnc12. The summed E-state index contributed by atoms with van der Waals surface area (Å²) in [7, 11) is 0. The standard InChI is InChI=1S/C20H16N4O/c25-17-9-2-1-7-15(17)20-22-19(14-10-11-14)23-24(20)16-8-3-5-13-6-4-12-21-18(13)16/h1-9,12,14,25H,10-11H2. The van der Waals surface area contributed by atoms with Gasteiger partial charge < -0.3 is 5.11 Å². The van der Waals surface area contributed by atoms with Gasteiger partial charge in [-0.05, 0) is 37.1 Å². The Bertz CT molecular complexity index is 1080. The van der Waals surface area contributed by atoms with E-state index in [1.165, 1.54) is 0 Å². The summed E-state index contributed by atoms with van der Waals surface area (Å²) in [4.78, 5) is 9.28. The highest BCUT2D eigenvalue weighted by Crippen LogP contribution is 2.40. The van der Waals surface area contributed by atoms with E-state index in [9.17, 15) is 5.11 Å². The van der Waals surface area contributed by atoms with E-state index < -0.39 is 0 Å². The second-order valence-electron chi connectivity index (χ2n) is 6.35. The maximum absolute atomic E-state index is 10.3. The minimum absolute atomic E-state index is 0.201. The first kappa shape index (κ1) is 14.2. The van der Waals surface area contributed by atoms with Crippen LogP contribution >= 0.6 is 0 Å². The number of phenols is 1. The minimum Gasteiger partial charge on any atom is -0.507 e. The number of fused-ring (bicyclic) bond motifs is 1. The zero-order valence-electron chi connectivity index (χ0n) is 13.5. The number of aromatic hydroxyl groups is 1. The third-order valence-corrected chi connectivity index (χ3v) is 4.55. The number of rotatable bonds is 3. The smallest absolute Gasteiger partial charge is 0.167 e. The average molecular weight is 328 g/mol. The van der Waals surface area contributed by atoms with Crippen molar-refractivity contribution >= 4 is 10.9 Å². The normalized spacial score (nSPS) is 14.1. The molecular weight excluding hydrogens is 312 g/mol. The van der Waals surface area contributed by atoms with Crippen molar-refractivity contribution < 1.29 is 5.11 Å². The molecule has 0 radical (unpaired) electrons. The summed E-state index contributed by atoms with van der Waals surface area (Å²) in [5.41, 5.74) is 2.42. The molecule has 122 valence electrons. The quantitative estimate of drug-likeness (QED) is 0.616. The molecule has 1 saturated carbocycles. The molecular formula is C20H16N4O. The molecule has 1 N–H and O–H groups in total. The van der Waals surface area contributed by atoms with Gasteiger partial charge in [0.1, 0.15) is 5.75 Å². The van der Waals surface area contributed by atoms with Crippen LogP contribution in [0.4, 0.5) is 0 Å². The van der Waals surface area contributed by atoms with Crippen LogP contribution in [0.3, 0.4) is 0 Å². The maximum atomic E-state index is 10.3. The van der Waals surface area contributed by atoms with E-state index in [-0.39, 0.29) is 5.75 Å². The van der Waals surface area contributed by atoms with Crippen molar-refractivity contribution in [3.05, 3.63) is 66.6 Å². The topological polar surface area (TPSA) is 63.8 Å². The van der Waals surface area contributed by atoms with Gasteiger partial charge >= 0.3 is 0 Å². The summed E-state index contributed by atoms with van der Waals surface area (Å²) < 4.78 is 1.82. The molecule has 0 unspecified atom stereocenters. The first-order valence-corrected chi connectivity index (χ1v) is 8.41. The number of benzene rings is 2. The summed E-state index contributed by atoms with van der Waals surface area (Å²) in [6.45, 7) is 0. The Morgan fingerprint density at radius 1 is 0.960 bits per heavy atom. The molecule has 0 spiro atoms. The van der Waals surface area contributed by atoms with E-state index >= 15 is 0 Å². The highest BCUT2D eigenvalue weighted by molar-refractivity contribution is 5.87. The molecule has 0 aliphatic heterocycles. The van der Waals surface area contributed by atoms with Crippen molar-refractivity contribution in [1.82, 2.24) is 19.7 Å². The van der Waals surface area contributed by atoms with E-state index in [0.29, 0.717) is 17.3 Å². The zero-order valence-corrected chi connectivity index (χ0v) is 13.5. The van der Waals surface area contributed by atoms with Crippen LogP contribution in [0.15, 0.2) is 60.8 Å². The van der Waals surface area contributed by atoms with Crippen molar-refractivity contribution in [2.75, 3.05) is 0 Å². The molecule has 2 aromatic carbocycles. The number of hydrogen-bond acceptors (Lipinski definition) is 4. The fourth-order valence-corrected chi connectivity index (χ4v) is 3.11. The summed E-state index contributed by atoms with van der Waals surface area (Å²) in [5.74, 6) is 2.12. The second-order valence-corrected chi connectivity index (χ2v) is 6.35. The maximum Gasteiger partial charge on any atom is 0.167 e. The fourth-order valence-electron chi connectivity index (χ4n) is 3.11. The summed E-state index contributed by atoms with van der Waals surface area (Å²) in [6, 6.07) is 17.2. The highest BCUT2D eigenvalue weighted by Gasteiger charge is 2.30. The Hall–Kier alpha value is -3.21. The number of aromatic nitrogens is 4. The first-order valence-electron chi connectivity index (χ1n) is 8.41. The van der Waals surface area contributed by atoms with Crippen LogP contribution in [0, 0.1) is 0 Å². The van der Waals surface area contributed by atoms with Gasteiger partial charge in [-0.1, -0.05) is 30.3 Å². The van der Waals surface area contributed by atoms with Gasteiger partial charge in [0.05, 0.1) is 16.8 Å². The van der Waals surface area contributed by atoms with Crippen LogP contribution in [-0.2, 0) is 0 Å². The molecule has 0 amide bonds. The third-order valence-electron chi connectivity index (χ3n) is 4.55. The summed E-state index contributed by atoms with van der Waals surface area (Å²) in [6.07, 6.45) is 4.03. The van der Waals surface area contributed by atoms with Crippen LogP contribution in [0.5, 0.6) is 5.75 Å². The average Bonchev–Trinajstić information content (AvgIpc) is 3.41. The molecule has 5 nitrogen and oxygen atoms in total. The molecule has 0 atom stereocenters. The van der Waals surface area contributed by atoms with Gasteiger partial charge in [0, 0.05) is 17.5 Å². The third kappa shape index (κ3) is 2.36. The van der Waals surface area contributed by atoms with Crippen LogP contribution in [0.25, 0.3) is 28.0 Å². The van der Waals surface area contributed by atoms with Crippen molar-refractivity contribution in [2.45, 2.75) is 18.8 Å². The van der Waals surface area contributed by atoms with Gasteiger partial charge in [0.2, 0.25) is 0 Å². The Labute approximate surface area is 144 Å². The molecule has 0 bridgehead atoms. The zero-order chi connectivity index (χ0) is 16.8. The Balaban J connectivity index is 1.79. The van der Waals surface area contributed by atoms with Crippen LogP contribution in [-0.4, -0.2) is 24.9 Å². The van der Waals surface area contributed by atoms with Crippen molar-refractivity contribution in [1.29, 1.82) is 0 Å². The van der Waals surface area contributed by atoms with Gasteiger partial charge in [0.15, 0.2) is 11.6 Å². The molecule has 5 heteroatoms. The Morgan fingerprint density at radius 3 is 2.64 bits per heavy atom. The number of hydrogen-bond donors (Lipinski definition) is 1. The molecule has 4 aromatic rings. The lowest BCUT2D eigenvalue weighted by Gasteiger charge is -2.09. The lowest BCUT2D eigenvalue weighted by Crippen LogP contribution is -2.02. The van der Waals surface area contributed by atoms with Crippen molar-refractivity contribution in [2.24, 2.45) is 0 Å². The highest BCUT2D eigenvalue weighted by atomic mass is 16.3. The molecule has 5 rings (SSSR count). The van der Waals surface area contributed by atoms with Crippen molar-refractivity contribution in [3.63, 3.8) is 0 Å². The van der Waals surface area contributed by atoms with Gasteiger partial charge in [-0.25, -0.2) is 9.67 Å². The Morgan fingerprint density at radius 2 is 1.80 bits per heavy atom. The molecule has 25 heavy (non-hydrogen) atoms. The molecule has 2 heterocycles. The van der Waals surface area contributed by atoms with Gasteiger partial charge in [-0.3, -0.25) is 4.98 Å². The largest absolute Gasteiger partial charge is 0.507 e. The predicted octanol–water partition coefficient (Wildman–Crippen LogP) is 4.07. The molecule has 0 saturated heterocycles. The molecule has 2 aromatic heterocycles. The van der Waals surface area contributed by atoms with E-state index in [4.69, 9.17) is 10.1 Å². The molecule has 1 aliphatic carbocycles. The van der Waals surface area contributed by atoms with E-state index in [1.54, 1.807) is 18.3 Å². The van der Waals surface area contributed by atoms with Gasteiger partial charge in [-0.2, -0.15) is 5.10 Å². The Kier molecular flexibility index (Phi) is 3.06. The first-order chi connectivity index (χ1) is 12.3. The van der Waals surface area contributed by atoms with E-state index in [0.717, 1.165) is 35.3 Å². The van der Waals surface area contributed by atoms with E-state index in [1.807, 2.05) is 47.1 Å². The summed E-state index contributed by atoms with van der Waals surface area (Å²) >= 11 is 0. The number of para-hydroxylation sites is 2. The number of nitrogens with zero attached hydrogens (tertiary/aromatic N) is 4. The molecule has 1 fully saturated rings. The minimum atomic E-state index is 0.201. The van der Waals surface area contributed by atoms with E-state index in [2.05, 4.69) is 4.98 Å². The van der Waals surface area contributed by atoms with Crippen molar-refractivity contribution in [3.8, 4) is 22.8 Å². The fraction of sp³-hybridized carbons (Fsp3) is 0.150. The summed E-state index contributed by atoms with van der Waals surface area (Å²) in [5, 5.41) is 16.1. The van der Waals surface area contributed by atoms with Crippen LogP contribution in [0.2, 0.25) is 0 Å². The second kappa shape index (κ2) is 5.41. The number of pyridine rings is 1. The van der Waals surface area contributed by atoms with Crippen LogP contribution < -0.4 is 0 Å².